The molecule has 0 amide bonds. The summed E-state index contributed by atoms with van der Waals surface area (Å²) in [6, 6.07) is 10.9. The van der Waals surface area contributed by atoms with Crippen molar-refractivity contribution in [3.63, 3.8) is 0 Å². The number of benzene rings is 1. The zero-order valence-corrected chi connectivity index (χ0v) is 11.7. The minimum atomic E-state index is 0.0488. The van der Waals surface area contributed by atoms with Gasteiger partial charge in [-0.1, -0.05) is 35.9 Å². The topological polar surface area (TPSA) is 47.3 Å². The quantitative estimate of drug-likeness (QED) is 0.486. The third-order valence-electron chi connectivity index (χ3n) is 4.15. The van der Waals surface area contributed by atoms with Gasteiger partial charge < -0.3 is 4.74 Å². The second-order valence-electron chi connectivity index (χ2n) is 5.52. The van der Waals surface area contributed by atoms with E-state index in [0.717, 1.165) is 38.0 Å². The number of ether oxygens (including phenoxy) is 1. The first-order valence-electron chi connectivity index (χ1n) is 6.93. The van der Waals surface area contributed by atoms with Gasteiger partial charge >= 0.3 is 0 Å². The lowest BCUT2D eigenvalue weighted by molar-refractivity contribution is 0.0343. The van der Waals surface area contributed by atoms with E-state index in [9.17, 15) is 0 Å². The molecule has 3 heteroatoms. The molecule has 104 valence electrons. The van der Waals surface area contributed by atoms with E-state index in [2.05, 4.69) is 49.3 Å². The maximum atomic E-state index is 5.84. The van der Waals surface area contributed by atoms with Gasteiger partial charge in [0.25, 0.3) is 0 Å². The first kappa shape index (κ1) is 14.3. The molecule has 3 N–H and O–H groups in total. The second kappa shape index (κ2) is 6.33. The molecule has 0 aromatic heterocycles. The molecule has 1 aromatic rings. The third-order valence-corrected chi connectivity index (χ3v) is 4.15. The molecule has 0 aliphatic carbocycles. The normalized spacial score (nSPS) is 19.9. The van der Waals surface area contributed by atoms with Crippen LogP contribution in [0.3, 0.4) is 0 Å². The predicted octanol–water partition coefficient (Wildman–Crippen LogP) is 2.53. The van der Waals surface area contributed by atoms with Crippen molar-refractivity contribution in [3.05, 3.63) is 48.0 Å². The first-order valence-corrected chi connectivity index (χ1v) is 6.93. The maximum absolute atomic E-state index is 5.84. The van der Waals surface area contributed by atoms with Crippen molar-refractivity contribution in [2.75, 3.05) is 13.2 Å². The molecule has 3 nitrogen and oxygen atoms in total. The van der Waals surface area contributed by atoms with Crippen molar-refractivity contribution in [1.82, 2.24) is 5.43 Å². The van der Waals surface area contributed by atoms with Gasteiger partial charge in [-0.25, -0.2) is 0 Å². The van der Waals surface area contributed by atoms with Crippen molar-refractivity contribution in [3.8, 4) is 0 Å². The number of nitrogens with two attached hydrogens (primary N) is 1. The van der Waals surface area contributed by atoms with Crippen LogP contribution in [0, 0.1) is 0 Å². The highest BCUT2D eigenvalue weighted by Crippen LogP contribution is 2.39. The smallest absolute Gasteiger partial charge is 0.0475 e. The number of hydrazine groups is 1. The van der Waals surface area contributed by atoms with Crippen LogP contribution in [0.5, 0.6) is 0 Å². The summed E-state index contributed by atoms with van der Waals surface area (Å²) < 4.78 is 5.55. The van der Waals surface area contributed by atoms with Crippen molar-refractivity contribution in [1.29, 1.82) is 0 Å². The standard InChI is InChI=1S/C16H24N2O/c1-13(2)12-15(18-17)16(8-10-19-11-9-16)14-6-4-3-5-7-14/h3-7,15,18H,1,8-12,17H2,2H3. The third kappa shape index (κ3) is 3.06. The number of hydrogen-bond donors (Lipinski definition) is 2. The Kier molecular flexibility index (Phi) is 4.75. The molecule has 1 heterocycles. The zero-order valence-electron chi connectivity index (χ0n) is 11.7. The molecule has 2 rings (SSSR count). The van der Waals surface area contributed by atoms with Gasteiger partial charge in [0, 0.05) is 24.7 Å². The largest absolute Gasteiger partial charge is 0.381 e. The Morgan fingerprint density at radius 1 is 1.37 bits per heavy atom. The Balaban J connectivity index is 2.35. The van der Waals surface area contributed by atoms with Crippen LogP contribution in [0.1, 0.15) is 31.7 Å². The minimum absolute atomic E-state index is 0.0488. The lowest BCUT2D eigenvalue weighted by atomic mass is 9.67. The van der Waals surface area contributed by atoms with Crippen molar-refractivity contribution < 1.29 is 4.74 Å². The fourth-order valence-electron chi connectivity index (χ4n) is 3.11. The van der Waals surface area contributed by atoms with Crippen LogP contribution in [0.25, 0.3) is 0 Å². The first-order chi connectivity index (χ1) is 9.19. The fourth-order valence-corrected chi connectivity index (χ4v) is 3.11. The zero-order chi connectivity index (χ0) is 13.7. The Morgan fingerprint density at radius 3 is 2.53 bits per heavy atom. The summed E-state index contributed by atoms with van der Waals surface area (Å²) in [5, 5.41) is 0. The van der Waals surface area contributed by atoms with E-state index >= 15 is 0 Å². The van der Waals surface area contributed by atoms with Gasteiger partial charge in [-0.05, 0) is 31.7 Å². The highest BCUT2D eigenvalue weighted by Gasteiger charge is 2.41. The molecule has 1 aliphatic rings. The van der Waals surface area contributed by atoms with Crippen LogP contribution >= 0.6 is 0 Å². The molecule has 1 aliphatic heterocycles. The maximum Gasteiger partial charge on any atom is 0.0475 e. The highest BCUT2D eigenvalue weighted by molar-refractivity contribution is 5.29. The average Bonchev–Trinajstić information content (AvgIpc) is 2.46. The lowest BCUT2D eigenvalue weighted by Crippen LogP contribution is -2.53. The van der Waals surface area contributed by atoms with Gasteiger partial charge in [0.2, 0.25) is 0 Å². The Hall–Kier alpha value is -1.16. The van der Waals surface area contributed by atoms with Gasteiger partial charge in [0.05, 0.1) is 0 Å². The molecule has 1 fully saturated rings. The number of rotatable bonds is 5. The SMILES string of the molecule is C=C(C)CC(NN)C1(c2ccccc2)CCOCC1. The van der Waals surface area contributed by atoms with Gasteiger partial charge in [0.15, 0.2) is 0 Å². The Labute approximate surface area is 115 Å². The Bertz CT molecular complexity index is 410. The molecular formula is C16H24N2O. The monoisotopic (exact) mass is 260 g/mol. The summed E-state index contributed by atoms with van der Waals surface area (Å²) in [6.07, 6.45) is 2.89. The summed E-state index contributed by atoms with van der Waals surface area (Å²) in [6.45, 7) is 7.68. The molecule has 0 radical (unpaired) electrons. The van der Waals surface area contributed by atoms with E-state index in [-0.39, 0.29) is 11.5 Å². The fraction of sp³-hybridized carbons (Fsp3) is 0.500. The van der Waals surface area contributed by atoms with Gasteiger partial charge in [0.1, 0.15) is 0 Å². The van der Waals surface area contributed by atoms with Crippen LogP contribution in [0.2, 0.25) is 0 Å². The summed E-state index contributed by atoms with van der Waals surface area (Å²) >= 11 is 0. The minimum Gasteiger partial charge on any atom is -0.381 e. The molecule has 1 saturated heterocycles. The van der Waals surface area contributed by atoms with E-state index in [0.29, 0.717) is 0 Å². The molecule has 19 heavy (non-hydrogen) atoms. The molecular weight excluding hydrogens is 236 g/mol. The molecule has 1 atom stereocenters. The lowest BCUT2D eigenvalue weighted by Gasteiger charge is -2.44. The summed E-state index contributed by atoms with van der Waals surface area (Å²) in [4.78, 5) is 0. The van der Waals surface area contributed by atoms with E-state index in [1.165, 1.54) is 5.56 Å². The van der Waals surface area contributed by atoms with E-state index < -0.39 is 0 Å². The van der Waals surface area contributed by atoms with E-state index in [1.807, 2.05) is 0 Å². The summed E-state index contributed by atoms with van der Waals surface area (Å²) in [7, 11) is 0. The van der Waals surface area contributed by atoms with Crippen LogP contribution in [0.4, 0.5) is 0 Å². The second-order valence-corrected chi connectivity index (χ2v) is 5.52. The van der Waals surface area contributed by atoms with Crippen LogP contribution < -0.4 is 11.3 Å². The van der Waals surface area contributed by atoms with E-state index in [4.69, 9.17) is 10.6 Å². The van der Waals surface area contributed by atoms with Gasteiger partial charge in [-0.3, -0.25) is 11.3 Å². The highest BCUT2D eigenvalue weighted by atomic mass is 16.5. The molecule has 0 bridgehead atoms. The van der Waals surface area contributed by atoms with Crippen LogP contribution in [-0.4, -0.2) is 19.3 Å². The number of nitrogens with one attached hydrogen (secondary N) is 1. The van der Waals surface area contributed by atoms with Crippen LogP contribution in [0.15, 0.2) is 42.5 Å². The van der Waals surface area contributed by atoms with Crippen molar-refractivity contribution in [2.45, 2.75) is 37.6 Å². The predicted molar refractivity (Wildman–Crippen MR) is 78.7 cm³/mol. The number of hydrogen-bond acceptors (Lipinski definition) is 3. The van der Waals surface area contributed by atoms with Gasteiger partial charge in [-0.2, -0.15) is 0 Å². The van der Waals surface area contributed by atoms with Gasteiger partial charge in [-0.15, -0.1) is 6.58 Å². The molecule has 0 spiro atoms. The van der Waals surface area contributed by atoms with Crippen LogP contribution in [-0.2, 0) is 10.2 Å². The summed E-state index contributed by atoms with van der Waals surface area (Å²) in [5.74, 6) is 5.84. The van der Waals surface area contributed by atoms with Crippen molar-refractivity contribution >= 4 is 0 Å². The molecule has 1 aromatic carbocycles. The average molecular weight is 260 g/mol. The van der Waals surface area contributed by atoms with E-state index in [1.54, 1.807) is 0 Å². The Morgan fingerprint density at radius 2 is 2.00 bits per heavy atom. The van der Waals surface area contributed by atoms with Crippen molar-refractivity contribution in [2.24, 2.45) is 5.84 Å². The molecule has 0 saturated carbocycles. The molecule has 1 unspecified atom stereocenters. The summed E-state index contributed by atoms with van der Waals surface area (Å²) in [5.41, 5.74) is 5.58.